The van der Waals surface area contributed by atoms with Crippen molar-refractivity contribution in [3.8, 4) is 11.9 Å². The Morgan fingerprint density at radius 1 is 1.05 bits per heavy atom. The molecular formula is C30H30Cl2N4O2. The van der Waals surface area contributed by atoms with Crippen molar-refractivity contribution in [2.75, 3.05) is 37.7 Å². The van der Waals surface area contributed by atoms with E-state index in [0.29, 0.717) is 41.2 Å². The summed E-state index contributed by atoms with van der Waals surface area (Å²) in [6.45, 7) is 5.50. The third-order valence-corrected chi connectivity index (χ3v) is 8.31. The van der Waals surface area contributed by atoms with Crippen molar-refractivity contribution in [2.45, 2.75) is 25.7 Å². The molecule has 2 aliphatic rings. The van der Waals surface area contributed by atoms with Gasteiger partial charge in [0, 0.05) is 66.4 Å². The number of nitrogens with zero attached hydrogens (tertiary/aromatic N) is 4. The minimum Gasteiger partial charge on any atom is -0.477 e. The molecule has 196 valence electrons. The molecule has 0 bridgehead atoms. The first-order chi connectivity index (χ1) is 18.3. The van der Waals surface area contributed by atoms with Crippen molar-refractivity contribution < 1.29 is 9.53 Å². The molecule has 8 heteroatoms. The molecule has 0 spiro atoms. The van der Waals surface area contributed by atoms with E-state index in [1.54, 1.807) is 18.3 Å². The number of ether oxygens (including phenoxy) is 1. The Morgan fingerprint density at radius 3 is 2.37 bits per heavy atom. The molecule has 5 rings (SSSR count). The molecule has 0 aliphatic carbocycles. The normalized spacial score (nSPS) is 21.8. The van der Waals surface area contributed by atoms with Crippen molar-refractivity contribution in [1.29, 1.82) is 5.26 Å². The summed E-state index contributed by atoms with van der Waals surface area (Å²) in [4.78, 5) is 22.3. The van der Waals surface area contributed by atoms with Crippen LogP contribution in [0.4, 0.5) is 5.69 Å². The number of amides is 1. The van der Waals surface area contributed by atoms with Crippen LogP contribution in [0, 0.1) is 22.7 Å². The van der Waals surface area contributed by atoms with E-state index in [0.717, 1.165) is 37.2 Å². The SMILES string of the molecule is CC1(COc2ccc(Cl)cn2)CN(C(=O)C2CCN(c3ccc(C#N)cc3)CC2)CC1c1ccc(Cl)cc1. The quantitative estimate of drug-likeness (QED) is 0.367. The number of nitriles is 1. The number of aromatic nitrogens is 1. The summed E-state index contributed by atoms with van der Waals surface area (Å²) in [6.07, 6.45) is 3.19. The molecule has 0 saturated carbocycles. The summed E-state index contributed by atoms with van der Waals surface area (Å²) in [5.74, 6) is 0.841. The maximum Gasteiger partial charge on any atom is 0.225 e. The first-order valence-electron chi connectivity index (χ1n) is 12.9. The van der Waals surface area contributed by atoms with Crippen LogP contribution < -0.4 is 9.64 Å². The highest BCUT2D eigenvalue weighted by atomic mass is 35.5. The molecule has 3 aromatic rings. The topological polar surface area (TPSA) is 69.5 Å². The lowest BCUT2D eigenvalue weighted by Crippen LogP contribution is -2.42. The van der Waals surface area contributed by atoms with Crippen LogP contribution in [0.5, 0.6) is 5.88 Å². The Morgan fingerprint density at radius 2 is 1.74 bits per heavy atom. The van der Waals surface area contributed by atoms with E-state index >= 15 is 0 Å². The van der Waals surface area contributed by atoms with Crippen LogP contribution in [-0.2, 0) is 4.79 Å². The van der Waals surface area contributed by atoms with E-state index in [1.165, 1.54) is 0 Å². The zero-order chi connectivity index (χ0) is 26.7. The molecule has 2 aromatic carbocycles. The fourth-order valence-electron chi connectivity index (χ4n) is 5.64. The lowest BCUT2D eigenvalue weighted by molar-refractivity contribution is -0.135. The van der Waals surface area contributed by atoms with E-state index in [4.69, 9.17) is 33.2 Å². The van der Waals surface area contributed by atoms with Gasteiger partial charge < -0.3 is 14.5 Å². The van der Waals surface area contributed by atoms with Gasteiger partial charge in [-0.2, -0.15) is 5.26 Å². The number of piperidine rings is 1. The third-order valence-electron chi connectivity index (χ3n) is 7.84. The minimum atomic E-state index is -0.298. The summed E-state index contributed by atoms with van der Waals surface area (Å²) >= 11 is 12.1. The third kappa shape index (κ3) is 5.75. The molecule has 0 N–H and O–H groups in total. The Hall–Kier alpha value is -3.27. The second-order valence-electron chi connectivity index (χ2n) is 10.5. The number of rotatable bonds is 6. The van der Waals surface area contributed by atoms with Gasteiger partial charge in [0.25, 0.3) is 0 Å². The minimum absolute atomic E-state index is 0.00306. The molecule has 1 amide bonds. The maximum atomic E-state index is 13.7. The Balaban J connectivity index is 1.27. The van der Waals surface area contributed by atoms with Gasteiger partial charge in [-0.15, -0.1) is 0 Å². The number of halogens is 2. The molecule has 3 heterocycles. The van der Waals surface area contributed by atoms with Gasteiger partial charge in [0.05, 0.1) is 23.3 Å². The molecule has 38 heavy (non-hydrogen) atoms. The number of benzene rings is 2. The van der Waals surface area contributed by atoms with E-state index in [9.17, 15) is 4.79 Å². The molecule has 2 saturated heterocycles. The molecule has 0 radical (unpaired) electrons. The average molecular weight is 550 g/mol. The van der Waals surface area contributed by atoms with Crippen LogP contribution in [0.1, 0.15) is 36.8 Å². The van der Waals surface area contributed by atoms with E-state index < -0.39 is 0 Å². The van der Waals surface area contributed by atoms with Crippen LogP contribution in [-0.4, -0.2) is 48.6 Å². The van der Waals surface area contributed by atoms with Crippen LogP contribution in [0.25, 0.3) is 0 Å². The highest BCUT2D eigenvalue weighted by Crippen LogP contribution is 2.44. The summed E-state index contributed by atoms with van der Waals surface area (Å²) in [7, 11) is 0. The van der Waals surface area contributed by atoms with Gasteiger partial charge >= 0.3 is 0 Å². The van der Waals surface area contributed by atoms with Crippen molar-refractivity contribution in [3.05, 3.63) is 88.0 Å². The van der Waals surface area contributed by atoms with Crippen molar-refractivity contribution in [1.82, 2.24) is 9.88 Å². The lowest BCUT2D eigenvalue weighted by Gasteiger charge is -2.35. The van der Waals surface area contributed by atoms with Gasteiger partial charge in [0.1, 0.15) is 0 Å². The predicted molar refractivity (Wildman–Crippen MR) is 150 cm³/mol. The van der Waals surface area contributed by atoms with Crippen molar-refractivity contribution >= 4 is 34.8 Å². The van der Waals surface area contributed by atoms with Gasteiger partial charge in [-0.3, -0.25) is 4.79 Å². The van der Waals surface area contributed by atoms with Gasteiger partial charge in [-0.05, 0) is 60.9 Å². The molecule has 2 atom stereocenters. The molecule has 1 aromatic heterocycles. The highest BCUT2D eigenvalue weighted by Gasteiger charge is 2.47. The fraction of sp³-hybridized carbons (Fsp3) is 0.367. The van der Waals surface area contributed by atoms with Gasteiger partial charge in [-0.1, -0.05) is 42.3 Å². The fourth-order valence-corrected chi connectivity index (χ4v) is 5.88. The van der Waals surface area contributed by atoms with Crippen LogP contribution in [0.3, 0.4) is 0 Å². The maximum absolute atomic E-state index is 13.7. The molecule has 2 fully saturated rings. The van der Waals surface area contributed by atoms with Gasteiger partial charge in [-0.25, -0.2) is 4.98 Å². The zero-order valence-electron chi connectivity index (χ0n) is 21.3. The number of anilines is 1. The Bertz CT molecular complexity index is 1300. The smallest absolute Gasteiger partial charge is 0.225 e. The Kier molecular flexibility index (Phi) is 7.78. The number of hydrogen-bond donors (Lipinski definition) is 0. The van der Waals surface area contributed by atoms with Crippen molar-refractivity contribution in [3.63, 3.8) is 0 Å². The van der Waals surface area contributed by atoms with Crippen LogP contribution >= 0.6 is 23.2 Å². The second-order valence-corrected chi connectivity index (χ2v) is 11.4. The number of likely N-dealkylation sites (tertiary alicyclic amines) is 1. The van der Waals surface area contributed by atoms with Crippen LogP contribution in [0.15, 0.2) is 66.9 Å². The summed E-state index contributed by atoms with van der Waals surface area (Å²) < 4.78 is 6.12. The molecular weight excluding hydrogens is 519 g/mol. The van der Waals surface area contributed by atoms with Crippen LogP contribution in [0.2, 0.25) is 10.0 Å². The monoisotopic (exact) mass is 548 g/mol. The average Bonchev–Trinajstić information content (AvgIpc) is 3.30. The number of pyridine rings is 1. The van der Waals surface area contributed by atoms with E-state index in [2.05, 4.69) is 35.0 Å². The summed E-state index contributed by atoms with van der Waals surface area (Å²) in [6, 6.07) is 21.3. The highest BCUT2D eigenvalue weighted by molar-refractivity contribution is 6.30. The molecule has 6 nitrogen and oxygen atoms in total. The largest absolute Gasteiger partial charge is 0.477 e. The molecule has 2 unspecified atom stereocenters. The Labute approximate surface area is 233 Å². The first kappa shape index (κ1) is 26.3. The van der Waals surface area contributed by atoms with Gasteiger partial charge in [0.2, 0.25) is 11.8 Å². The second kappa shape index (κ2) is 11.2. The van der Waals surface area contributed by atoms with Crippen molar-refractivity contribution in [2.24, 2.45) is 11.3 Å². The predicted octanol–water partition coefficient (Wildman–Crippen LogP) is 6.19. The first-order valence-corrected chi connectivity index (χ1v) is 13.6. The number of carbonyl (C=O) groups is 1. The van der Waals surface area contributed by atoms with E-state index in [1.807, 2.05) is 41.3 Å². The summed E-state index contributed by atoms with van der Waals surface area (Å²) in [5, 5.41) is 10.3. The lowest BCUT2D eigenvalue weighted by atomic mass is 9.77. The van der Waals surface area contributed by atoms with E-state index in [-0.39, 0.29) is 23.2 Å². The molecule has 2 aliphatic heterocycles. The number of carbonyl (C=O) groups excluding carboxylic acids is 1. The van der Waals surface area contributed by atoms with Gasteiger partial charge in [0.15, 0.2) is 0 Å². The standard InChI is InChI=1S/C30H30Cl2N4O2/c1-30(20-38-28-11-8-25(32)17-34-28)19-36(18-27(30)22-4-6-24(31)7-5-22)29(37)23-12-14-35(15-13-23)26-9-2-21(16-33)3-10-26/h2-11,17,23,27H,12-15,18-20H2,1H3. The zero-order valence-corrected chi connectivity index (χ0v) is 22.8. The number of hydrogen-bond acceptors (Lipinski definition) is 5. The summed E-state index contributed by atoms with van der Waals surface area (Å²) in [5.41, 5.74) is 2.60.